The van der Waals surface area contributed by atoms with Crippen LogP contribution < -0.4 is 5.32 Å². The molecule has 1 aromatic rings. The van der Waals surface area contributed by atoms with Crippen LogP contribution in [0.4, 0.5) is 0 Å². The van der Waals surface area contributed by atoms with E-state index >= 15 is 0 Å². The van der Waals surface area contributed by atoms with Gasteiger partial charge in [-0.1, -0.05) is 67.4 Å². The predicted molar refractivity (Wildman–Crippen MR) is 100 cm³/mol. The Morgan fingerprint density at radius 3 is 2.33 bits per heavy atom. The zero-order valence-corrected chi connectivity index (χ0v) is 15.8. The molecule has 3 rings (SSSR count). The number of benzene rings is 1. The number of hydrogen-bond acceptors (Lipinski definition) is 1. The first-order valence-electron chi connectivity index (χ1n) is 8.77. The van der Waals surface area contributed by atoms with Crippen LogP contribution in [0.15, 0.2) is 40.9 Å². The Balaban J connectivity index is 1.52. The van der Waals surface area contributed by atoms with E-state index in [1.165, 1.54) is 5.56 Å². The SMILES string of the molecule is CC1(C)[C@H](C=C(Cl)Cl)[C@@H]1C(=O)NC1CCC(c2ccccc2)CC1. The maximum atomic E-state index is 12.6. The fourth-order valence-corrected chi connectivity index (χ4v) is 4.48. The van der Waals surface area contributed by atoms with Crippen molar-refractivity contribution in [1.29, 1.82) is 0 Å². The molecule has 1 N–H and O–H groups in total. The van der Waals surface area contributed by atoms with Gasteiger partial charge in [-0.2, -0.15) is 0 Å². The first-order chi connectivity index (χ1) is 11.4. The van der Waals surface area contributed by atoms with Crippen molar-refractivity contribution in [3.05, 3.63) is 46.5 Å². The van der Waals surface area contributed by atoms with Gasteiger partial charge in [0.1, 0.15) is 4.49 Å². The van der Waals surface area contributed by atoms with Crippen molar-refractivity contribution in [3.8, 4) is 0 Å². The van der Waals surface area contributed by atoms with Crippen LogP contribution in [0.1, 0.15) is 51.0 Å². The van der Waals surface area contributed by atoms with Gasteiger partial charge in [0, 0.05) is 6.04 Å². The smallest absolute Gasteiger partial charge is 0.224 e. The van der Waals surface area contributed by atoms with Crippen molar-refractivity contribution in [2.75, 3.05) is 0 Å². The lowest BCUT2D eigenvalue weighted by molar-refractivity contribution is -0.124. The number of allylic oxidation sites excluding steroid dienone is 1. The van der Waals surface area contributed by atoms with Gasteiger partial charge >= 0.3 is 0 Å². The van der Waals surface area contributed by atoms with Crippen LogP contribution in [0.5, 0.6) is 0 Å². The summed E-state index contributed by atoms with van der Waals surface area (Å²) in [5.74, 6) is 0.904. The summed E-state index contributed by atoms with van der Waals surface area (Å²) in [5.41, 5.74) is 1.37. The Hall–Kier alpha value is -0.990. The highest BCUT2D eigenvalue weighted by molar-refractivity contribution is 6.55. The summed E-state index contributed by atoms with van der Waals surface area (Å²) < 4.78 is 0.256. The minimum atomic E-state index is -0.0552. The Kier molecular flexibility index (Phi) is 5.27. The van der Waals surface area contributed by atoms with Gasteiger partial charge in [-0.05, 0) is 54.6 Å². The molecule has 2 aliphatic rings. The molecule has 0 unspecified atom stereocenters. The van der Waals surface area contributed by atoms with E-state index in [-0.39, 0.29) is 27.6 Å². The lowest BCUT2D eigenvalue weighted by atomic mass is 9.81. The summed E-state index contributed by atoms with van der Waals surface area (Å²) in [6.45, 7) is 4.20. The average Bonchev–Trinajstić information content (AvgIpc) is 3.08. The van der Waals surface area contributed by atoms with E-state index in [9.17, 15) is 4.79 Å². The summed E-state index contributed by atoms with van der Waals surface area (Å²) in [6.07, 6.45) is 6.18. The molecule has 0 aliphatic heterocycles. The van der Waals surface area contributed by atoms with Crippen LogP contribution in [0.2, 0.25) is 0 Å². The number of carbonyl (C=O) groups excluding carboxylic acids is 1. The number of halogens is 2. The van der Waals surface area contributed by atoms with E-state index in [2.05, 4.69) is 49.5 Å². The van der Waals surface area contributed by atoms with Crippen LogP contribution in [0.3, 0.4) is 0 Å². The van der Waals surface area contributed by atoms with Crippen LogP contribution in [-0.4, -0.2) is 11.9 Å². The van der Waals surface area contributed by atoms with Crippen molar-refractivity contribution in [3.63, 3.8) is 0 Å². The Morgan fingerprint density at radius 1 is 1.12 bits per heavy atom. The van der Waals surface area contributed by atoms with Crippen LogP contribution in [0, 0.1) is 17.3 Å². The maximum Gasteiger partial charge on any atom is 0.224 e. The summed E-state index contributed by atoms with van der Waals surface area (Å²) in [6, 6.07) is 11.0. The number of amides is 1. The molecule has 2 fully saturated rings. The third-order valence-electron chi connectivity index (χ3n) is 5.84. The molecule has 0 saturated heterocycles. The van der Waals surface area contributed by atoms with Gasteiger partial charge in [-0.3, -0.25) is 4.79 Å². The molecule has 1 aromatic carbocycles. The fourth-order valence-electron chi connectivity index (χ4n) is 4.21. The normalized spacial score (nSPS) is 31.2. The molecular formula is C20H25Cl2NO. The van der Waals surface area contributed by atoms with E-state index in [1.54, 1.807) is 6.08 Å². The van der Waals surface area contributed by atoms with Crippen molar-refractivity contribution in [1.82, 2.24) is 5.32 Å². The first kappa shape index (κ1) is 17.8. The molecule has 2 saturated carbocycles. The van der Waals surface area contributed by atoms with Gasteiger partial charge < -0.3 is 5.32 Å². The summed E-state index contributed by atoms with van der Waals surface area (Å²) in [4.78, 5) is 12.6. The van der Waals surface area contributed by atoms with Crippen molar-refractivity contribution < 1.29 is 4.79 Å². The highest BCUT2D eigenvalue weighted by Gasteiger charge is 2.60. The lowest BCUT2D eigenvalue weighted by Crippen LogP contribution is -2.39. The highest BCUT2D eigenvalue weighted by atomic mass is 35.5. The van der Waals surface area contributed by atoms with E-state index in [1.807, 2.05) is 0 Å². The van der Waals surface area contributed by atoms with Gasteiger partial charge in [0.25, 0.3) is 0 Å². The van der Waals surface area contributed by atoms with E-state index in [0.29, 0.717) is 12.0 Å². The van der Waals surface area contributed by atoms with Crippen molar-refractivity contribution >= 4 is 29.1 Å². The summed E-state index contributed by atoms with van der Waals surface area (Å²) in [7, 11) is 0. The Labute approximate surface area is 154 Å². The fraction of sp³-hybridized carbons (Fsp3) is 0.550. The molecule has 2 nitrogen and oxygen atoms in total. The maximum absolute atomic E-state index is 12.6. The van der Waals surface area contributed by atoms with E-state index in [0.717, 1.165) is 25.7 Å². The van der Waals surface area contributed by atoms with Crippen molar-refractivity contribution in [2.45, 2.75) is 51.5 Å². The van der Waals surface area contributed by atoms with Gasteiger partial charge in [0.2, 0.25) is 5.91 Å². The first-order valence-corrected chi connectivity index (χ1v) is 9.53. The number of hydrogen-bond donors (Lipinski definition) is 1. The molecular weight excluding hydrogens is 341 g/mol. The predicted octanol–water partition coefficient (Wildman–Crippen LogP) is 5.42. The second kappa shape index (κ2) is 7.09. The Bertz CT molecular complexity index is 614. The molecule has 4 heteroatoms. The molecule has 2 atom stereocenters. The van der Waals surface area contributed by atoms with Gasteiger partial charge in [-0.25, -0.2) is 0 Å². The molecule has 0 radical (unpaired) electrons. The minimum Gasteiger partial charge on any atom is -0.353 e. The molecule has 0 spiro atoms. The summed E-state index contributed by atoms with van der Waals surface area (Å²) >= 11 is 11.5. The second-order valence-corrected chi connectivity index (χ2v) is 8.76. The highest BCUT2D eigenvalue weighted by Crippen LogP contribution is 2.59. The average molecular weight is 366 g/mol. The molecule has 2 aliphatic carbocycles. The number of rotatable bonds is 4. The zero-order valence-electron chi connectivity index (χ0n) is 14.3. The molecule has 0 heterocycles. The Morgan fingerprint density at radius 2 is 1.75 bits per heavy atom. The summed E-state index contributed by atoms with van der Waals surface area (Å²) in [5, 5.41) is 3.26. The van der Waals surface area contributed by atoms with Crippen LogP contribution in [0.25, 0.3) is 0 Å². The third kappa shape index (κ3) is 3.81. The van der Waals surface area contributed by atoms with Crippen LogP contribution >= 0.6 is 23.2 Å². The van der Waals surface area contributed by atoms with E-state index < -0.39 is 0 Å². The van der Waals surface area contributed by atoms with Crippen molar-refractivity contribution in [2.24, 2.45) is 17.3 Å². The molecule has 24 heavy (non-hydrogen) atoms. The zero-order chi connectivity index (χ0) is 17.3. The largest absolute Gasteiger partial charge is 0.353 e. The minimum absolute atomic E-state index is 0.0168. The van der Waals surface area contributed by atoms with Crippen LogP contribution in [-0.2, 0) is 4.79 Å². The number of carbonyl (C=O) groups is 1. The lowest BCUT2D eigenvalue weighted by Gasteiger charge is -2.29. The molecule has 1 amide bonds. The second-order valence-electron chi connectivity index (χ2n) is 7.75. The molecule has 0 aromatic heterocycles. The standard InChI is InChI=1S/C20H25Cl2NO/c1-20(2)16(12-17(21)22)18(20)19(24)23-15-10-8-14(9-11-15)13-6-4-3-5-7-13/h3-7,12,14-16,18H,8-11H2,1-2H3,(H,23,24)/t14?,15?,16-,18-/m1/s1. The molecule has 0 bridgehead atoms. The van der Waals surface area contributed by atoms with E-state index in [4.69, 9.17) is 23.2 Å². The monoisotopic (exact) mass is 365 g/mol. The van der Waals surface area contributed by atoms with Gasteiger partial charge in [0.05, 0.1) is 5.92 Å². The topological polar surface area (TPSA) is 29.1 Å². The van der Waals surface area contributed by atoms with Gasteiger partial charge in [-0.15, -0.1) is 0 Å². The van der Waals surface area contributed by atoms with Gasteiger partial charge in [0.15, 0.2) is 0 Å². The number of nitrogens with one attached hydrogen (secondary N) is 1. The quantitative estimate of drug-likeness (QED) is 0.757. The molecule has 130 valence electrons. The third-order valence-corrected chi connectivity index (χ3v) is 6.10.